The SMILES string of the molecule is Cc1ccc(N)c(NC(=O)c2csc(I)c2)c1C. The van der Waals surface area contributed by atoms with Crippen LogP contribution in [0.1, 0.15) is 21.5 Å². The molecule has 0 spiro atoms. The zero-order valence-electron chi connectivity index (χ0n) is 10.1. The zero-order valence-corrected chi connectivity index (χ0v) is 13.1. The Hall–Kier alpha value is -1.08. The van der Waals surface area contributed by atoms with E-state index in [-0.39, 0.29) is 5.91 Å². The molecule has 5 heteroatoms. The van der Waals surface area contributed by atoms with Crippen LogP contribution in [-0.2, 0) is 0 Å². The van der Waals surface area contributed by atoms with Crippen molar-refractivity contribution in [3.63, 3.8) is 0 Å². The second-order valence-electron chi connectivity index (χ2n) is 4.07. The lowest BCUT2D eigenvalue weighted by Crippen LogP contribution is -2.13. The quantitative estimate of drug-likeness (QED) is 0.622. The molecule has 0 radical (unpaired) electrons. The molecule has 3 nitrogen and oxygen atoms in total. The molecule has 3 N–H and O–H groups in total. The summed E-state index contributed by atoms with van der Waals surface area (Å²) in [6.45, 7) is 3.96. The molecular weight excluding hydrogens is 359 g/mol. The second-order valence-corrected chi connectivity index (χ2v) is 6.87. The van der Waals surface area contributed by atoms with Crippen molar-refractivity contribution in [1.82, 2.24) is 0 Å². The van der Waals surface area contributed by atoms with Crippen LogP contribution < -0.4 is 11.1 Å². The van der Waals surface area contributed by atoms with Crippen molar-refractivity contribution in [2.45, 2.75) is 13.8 Å². The molecule has 0 aliphatic carbocycles. The molecule has 0 atom stereocenters. The summed E-state index contributed by atoms with van der Waals surface area (Å²) in [5.41, 5.74) is 10.0. The van der Waals surface area contributed by atoms with Crippen molar-refractivity contribution < 1.29 is 4.79 Å². The third-order valence-corrected chi connectivity index (χ3v) is 4.63. The van der Waals surface area contributed by atoms with E-state index in [0.29, 0.717) is 16.9 Å². The van der Waals surface area contributed by atoms with E-state index in [2.05, 4.69) is 27.9 Å². The van der Waals surface area contributed by atoms with Gasteiger partial charge in [-0.2, -0.15) is 0 Å². The van der Waals surface area contributed by atoms with Gasteiger partial charge in [0.2, 0.25) is 0 Å². The third kappa shape index (κ3) is 2.67. The molecule has 0 saturated carbocycles. The van der Waals surface area contributed by atoms with Gasteiger partial charge in [0, 0.05) is 5.38 Å². The van der Waals surface area contributed by atoms with Crippen LogP contribution in [0.2, 0.25) is 0 Å². The highest BCUT2D eigenvalue weighted by Gasteiger charge is 2.12. The Morgan fingerprint density at radius 1 is 1.39 bits per heavy atom. The summed E-state index contributed by atoms with van der Waals surface area (Å²) in [7, 11) is 0. The first-order chi connectivity index (χ1) is 8.49. The number of thiophene rings is 1. The van der Waals surface area contributed by atoms with E-state index in [1.54, 1.807) is 11.3 Å². The lowest BCUT2D eigenvalue weighted by atomic mass is 10.1. The van der Waals surface area contributed by atoms with Crippen molar-refractivity contribution >= 4 is 51.2 Å². The van der Waals surface area contributed by atoms with Gasteiger partial charge in [0.15, 0.2) is 0 Å². The van der Waals surface area contributed by atoms with E-state index >= 15 is 0 Å². The fraction of sp³-hybridized carbons (Fsp3) is 0.154. The average Bonchev–Trinajstić information content (AvgIpc) is 2.76. The fourth-order valence-corrected chi connectivity index (χ4v) is 2.94. The lowest BCUT2D eigenvalue weighted by molar-refractivity contribution is 0.102. The highest BCUT2D eigenvalue weighted by molar-refractivity contribution is 14.1. The van der Waals surface area contributed by atoms with Crippen LogP contribution in [0.3, 0.4) is 0 Å². The predicted octanol–water partition coefficient (Wildman–Crippen LogP) is 3.80. The van der Waals surface area contributed by atoms with Gasteiger partial charge in [-0.15, -0.1) is 11.3 Å². The fourth-order valence-electron chi connectivity index (χ4n) is 1.62. The van der Waals surface area contributed by atoms with E-state index in [9.17, 15) is 4.79 Å². The molecule has 0 aliphatic rings. The number of benzene rings is 1. The van der Waals surface area contributed by atoms with Crippen molar-refractivity contribution in [2.24, 2.45) is 0 Å². The van der Waals surface area contributed by atoms with Crippen LogP contribution in [0.5, 0.6) is 0 Å². The average molecular weight is 372 g/mol. The second kappa shape index (κ2) is 5.27. The van der Waals surface area contributed by atoms with E-state index in [4.69, 9.17) is 5.73 Å². The summed E-state index contributed by atoms with van der Waals surface area (Å²) >= 11 is 3.75. The van der Waals surface area contributed by atoms with Gasteiger partial charge in [-0.3, -0.25) is 4.79 Å². The number of carbonyl (C=O) groups excluding carboxylic acids is 1. The summed E-state index contributed by atoms with van der Waals surface area (Å²) in [4.78, 5) is 12.1. The van der Waals surface area contributed by atoms with Crippen LogP contribution in [0.4, 0.5) is 11.4 Å². The van der Waals surface area contributed by atoms with Crippen molar-refractivity contribution in [2.75, 3.05) is 11.1 Å². The molecule has 94 valence electrons. The molecule has 2 rings (SSSR count). The lowest BCUT2D eigenvalue weighted by Gasteiger charge is -2.12. The molecule has 0 unspecified atom stereocenters. The Bertz CT molecular complexity index is 607. The van der Waals surface area contributed by atoms with Crippen molar-refractivity contribution in [1.29, 1.82) is 0 Å². The smallest absolute Gasteiger partial charge is 0.256 e. The van der Waals surface area contributed by atoms with Crippen LogP contribution >= 0.6 is 33.9 Å². The Morgan fingerprint density at radius 2 is 2.11 bits per heavy atom. The van der Waals surface area contributed by atoms with Crippen molar-refractivity contribution in [3.8, 4) is 0 Å². The van der Waals surface area contributed by atoms with Gasteiger partial charge in [0.05, 0.1) is 19.8 Å². The third-order valence-electron chi connectivity index (χ3n) is 2.84. The number of nitrogens with two attached hydrogens (primary N) is 1. The molecule has 0 fully saturated rings. The van der Waals surface area contributed by atoms with E-state index in [1.807, 2.05) is 37.4 Å². The Morgan fingerprint density at radius 3 is 2.72 bits per heavy atom. The minimum Gasteiger partial charge on any atom is -0.397 e. The molecule has 1 amide bonds. The van der Waals surface area contributed by atoms with E-state index in [0.717, 1.165) is 14.0 Å². The monoisotopic (exact) mass is 372 g/mol. The molecular formula is C13H13IN2OS. The summed E-state index contributed by atoms with van der Waals surface area (Å²) in [5, 5.41) is 4.73. The Labute approximate surface area is 124 Å². The maximum atomic E-state index is 12.1. The molecule has 18 heavy (non-hydrogen) atoms. The number of aryl methyl sites for hydroxylation is 1. The minimum atomic E-state index is -0.116. The van der Waals surface area contributed by atoms with Gasteiger partial charge in [-0.05, 0) is 59.7 Å². The predicted molar refractivity (Wildman–Crippen MR) is 85.3 cm³/mol. The number of rotatable bonds is 2. The van der Waals surface area contributed by atoms with Crippen molar-refractivity contribution in [3.05, 3.63) is 43.2 Å². The standard InChI is InChI=1S/C13H13IN2OS/c1-7-3-4-10(15)12(8(7)2)16-13(17)9-5-11(14)18-6-9/h3-6H,15H2,1-2H3,(H,16,17). The topological polar surface area (TPSA) is 55.1 Å². The van der Waals surface area contributed by atoms with Crippen LogP contribution in [-0.4, -0.2) is 5.91 Å². The number of anilines is 2. The summed E-state index contributed by atoms with van der Waals surface area (Å²) in [6.07, 6.45) is 0. The summed E-state index contributed by atoms with van der Waals surface area (Å²) < 4.78 is 1.09. The van der Waals surface area contributed by atoms with Crippen LogP contribution in [0, 0.1) is 16.7 Å². The molecule has 2 aromatic rings. The minimum absolute atomic E-state index is 0.116. The van der Waals surface area contributed by atoms with Gasteiger partial charge in [0.25, 0.3) is 5.91 Å². The Balaban J connectivity index is 2.30. The first kappa shape index (κ1) is 13.4. The van der Waals surface area contributed by atoms with Gasteiger partial charge in [-0.25, -0.2) is 0 Å². The number of hydrogen-bond donors (Lipinski definition) is 2. The number of carbonyl (C=O) groups is 1. The highest BCUT2D eigenvalue weighted by Crippen LogP contribution is 2.27. The Kier molecular flexibility index (Phi) is 3.91. The maximum absolute atomic E-state index is 12.1. The largest absolute Gasteiger partial charge is 0.397 e. The molecule has 1 heterocycles. The van der Waals surface area contributed by atoms with Crippen LogP contribution in [0.25, 0.3) is 0 Å². The summed E-state index contributed by atoms with van der Waals surface area (Å²) in [5.74, 6) is -0.116. The number of amides is 1. The zero-order chi connectivity index (χ0) is 13.3. The normalized spacial score (nSPS) is 10.4. The van der Waals surface area contributed by atoms with Crippen LogP contribution in [0.15, 0.2) is 23.6 Å². The van der Waals surface area contributed by atoms with E-state index < -0.39 is 0 Å². The molecule has 0 aliphatic heterocycles. The van der Waals surface area contributed by atoms with Gasteiger partial charge in [0.1, 0.15) is 0 Å². The van der Waals surface area contributed by atoms with E-state index in [1.165, 1.54) is 0 Å². The first-order valence-corrected chi connectivity index (χ1v) is 7.36. The number of halogens is 1. The summed E-state index contributed by atoms with van der Waals surface area (Å²) in [6, 6.07) is 5.63. The molecule has 1 aromatic carbocycles. The molecule has 1 aromatic heterocycles. The first-order valence-electron chi connectivity index (χ1n) is 5.40. The maximum Gasteiger partial charge on any atom is 0.256 e. The number of nitrogens with one attached hydrogen (secondary N) is 1. The molecule has 0 bridgehead atoms. The number of hydrogen-bond acceptors (Lipinski definition) is 3. The van der Waals surface area contributed by atoms with Gasteiger partial charge >= 0.3 is 0 Å². The highest BCUT2D eigenvalue weighted by atomic mass is 127. The van der Waals surface area contributed by atoms with Gasteiger partial charge < -0.3 is 11.1 Å². The number of nitrogen functional groups attached to an aromatic ring is 1. The van der Waals surface area contributed by atoms with Gasteiger partial charge in [-0.1, -0.05) is 6.07 Å². The molecule has 0 saturated heterocycles.